The van der Waals surface area contributed by atoms with Crippen molar-refractivity contribution in [2.75, 3.05) is 23.9 Å². The highest BCUT2D eigenvalue weighted by molar-refractivity contribution is 7.98. The van der Waals surface area contributed by atoms with Gasteiger partial charge in [0.1, 0.15) is 0 Å². The van der Waals surface area contributed by atoms with Gasteiger partial charge in [-0.2, -0.15) is 11.8 Å². The van der Waals surface area contributed by atoms with E-state index in [1.54, 1.807) is 0 Å². The van der Waals surface area contributed by atoms with Crippen molar-refractivity contribution in [2.24, 2.45) is 0 Å². The average Bonchev–Trinajstić information content (AvgIpc) is 2.69. The van der Waals surface area contributed by atoms with Crippen LogP contribution in [-0.2, 0) is 6.54 Å². The molecule has 0 aliphatic carbocycles. The summed E-state index contributed by atoms with van der Waals surface area (Å²) in [6.07, 6.45) is 9.70. The van der Waals surface area contributed by atoms with Crippen LogP contribution >= 0.6 is 11.8 Å². The number of hydrogen-bond acceptors (Lipinski definition) is 3. The highest BCUT2D eigenvalue weighted by atomic mass is 32.2. The number of hydrogen-bond donors (Lipinski definition) is 1. The molecule has 0 atom stereocenters. The summed E-state index contributed by atoms with van der Waals surface area (Å²) in [5, 5.41) is 3.38. The largest absolute Gasteiger partial charge is 0.356 e. The Kier molecular flexibility index (Phi) is 6.32. The number of aryl methyl sites for hydroxylation is 1. The molecule has 0 bridgehead atoms. The van der Waals surface area contributed by atoms with Gasteiger partial charge in [-0.1, -0.05) is 13.3 Å². The minimum Gasteiger partial charge on any atom is -0.356 e. The first-order valence-corrected chi connectivity index (χ1v) is 7.01. The van der Waals surface area contributed by atoms with Gasteiger partial charge in [-0.15, -0.1) is 0 Å². The number of unbranched alkanes of at least 4 members (excludes halogenated alkanes) is 1. The van der Waals surface area contributed by atoms with Crippen LogP contribution in [0.25, 0.3) is 0 Å². The molecule has 1 aromatic heterocycles. The van der Waals surface area contributed by atoms with E-state index in [1.807, 2.05) is 24.2 Å². The van der Waals surface area contributed by atoms with E-state index in [1.165, 1.54) is 25.0 Å². The Morgan fingerprint density at radius 3 is 3.07 bits per heavy atom. The minimum absolute atomic E-state index is 1.02. The summed E-state index contributed by atoms with van der Waals surface area (Å²) in [6, 6.07) is 0. The lowest BCUT2D eigenvalue weighted by molar-refractivity contribution is 0.635. The van der Waals surface area contributed by atoms with Crippen LogP contribution in [0.2, 0.25) is 0 Å². The van der Waals surface area contributed by atoms with Crippen molar-refractivity contribution in [2.45, 2.75) is 32.7 Å². The Hall–Kier alpha value is -0.640. The third-order valence-corrected chi connectivity index (χ3v) is 2.97. The van der Waals surface area contributed by atoms with Gasteiger partial charge >= 0.3 is 0 Å². The van der Waals surface area contributed by atoms with Crippen LogP contribution in [0, 0.1) is 0 Å². The van der Waals surface area contributed by atoms with Crippen molar-refractivity contribution in [3.05, 3.63) is 12.4 Å². The highest BCUT2D eigenvalue weighted by Gasteiger charge is 2.00. The van der Waals surface area contributed by atoms with Crippen LogP contribution < -0.4 is 5.32 Å². The molecule has 0 amide bonds. The molecular formula is C11H21N3S. The molecule has 0 radical (unpaired) electrons. The van der Waals surface area contributed by atoms with Crippen LogP contribution in [0.15, 0.2) is 12.4 Å². The molecule has 1 rings (SSSR count). The first-order chi connectivity index (χ1) is 7.38. The van der Waals surface area contributed by atoms with E-state index in [0.29, 0.717) is 0 Å². The second-order valence-electron chi connectivity index (χ2n) is 3.57. The van der Waals surface area contributed by atoms with Gasteiger partial charge in [0.05, 0.1) is 0 Å². The molecule has 1 heterocycles. The quantitative estimate of drug-likeness (QED) is 0.693. The zero-order valence-electron chi connectivity index (χ0n) is 9.70. The second-order valence-corrected chi connectivity index (χ2v) is 4.56. The van der Waals surface area contributed by atoms with E-state index >= 15 is 0 Å². The number of aromatic nitrogens is 2. The topological polar surface area (TPSA) is 29.9 Å². The standard InChI is InChI=1S/C11H21N3S/c1-3-4-8-14-9-7-13-11(14)12-6-5-10-15-2/h7,9H,3-6,8,10H2,1-2H3,(H,12,13). The summed E-state index contributed by atoms with van der Waals surface area (Å²) in [4.78, 5) is 4.31. The molecule has 0 aliphatic heterocycles. The SMILES string of the molecule is CCCCn1ccnc1NCCCSC. The number of nitrogens with one attached hydrogen (secondary N) is 1. The fourth-order valence-electron chi connectivity index (χ4n) is 1.40. The van der Waals surface area contributed by atoms with E-state index in [-0.39, 0.29) is 0 Å². The van der Waals surface area contributed by atoms with Crippen LogP contribution in [0.3, 0.4) is 0 Å². The molecule has 1 aromatic rings. The average molecular weight is 227 g/mol. The van der Waals surface area contributed by atoms with E-state index in [0.717, 1.165) is 19.0 Å². The fourth-order valence-corrected chi connectivity index (χ4v) is 1.83. The Bertz CT molecular complexity index is 260. The molecule has 0 saturated carbocycles. The summed E-state index contributed by atoms with van der Waals surface area (Å²) < 4.78 is 2.20. The molecule has 0 fully saturated rings. The lowest BCUT2D eigenvalue weighted by atomic mass is 10.3. The first-order valence-electron chi connectivity index (χ1n) is 5.62. The smallest absolute Gasteiger partial charge is 0.202 e. The number of thioether (sulfide) groups is 1. The zero-order valence-corrected chi connectivity index (χ0v) is 10.5. The maximum Gasteiger partial charge on any atom is 0.202 e. The summed E-state index contributed by atoms with van der Waals surface area (Å²) in [5.74, 6) is 2.23. The van der Waals surface area contributed by atoms with Crippen molar-refractivity contribution in [1.29, 1.82) is 0 Å². The van der Waals surface area contributed by atoms with Gasteiger partial charge in [0.15, 0.2) is 0 Å². The Morgan fingerprint density at radius 2 is 2.33 bits per heavy atom. The van der Waals surface area contributed by atoms with E-state index in [4.69, 9.17) is 0 Å². The Balaban J connectivity index is 2.29. The van der Waals surface area contributed by atoms with Gasteiger partial charge in [-0.25, -0.2) is 4.98 Å². The molecule has 0 unspecified atom stereocenters. The van der Waals surface area contributed by atoms with Gasteiger partial charge in [-0.05, 0) is 24.9 Å². The summed E-state index contributed by atoms with van der Waals surface area (Å²) in [7, 11) is 0. The van der Waals surface area contributed by atoms with E-state index in [2.05, 4.69) is 28.0 Å². The van der Waals surface area contributed by atoms with Crippen molar-refractivity contribution in [3.8, 4) is 0 Å². The molecular weight excluding hydrogens is 206 g/mol. The van der Waals surface area contributed by atoms with Gasteiger partial charge < -0.3 is 9.88 Å². The molecule has 1 N–H and O–H groups in total. The van der Waals surface area contributed by atoms with Crippen molar-refractivity contribution in [1.82, 2.24) is 9.55 Å². The molecule has 3 nitrogen and oxygen atoms in total. The molecule has 0 aromatic carbocycles. The lowest BCUT2D eigenvalue weighted by Gasteiger charge is -2.08. The summed E-state index contributed by atoms with van der Waals surface area (Å²) in [5.41, 5.74) is 0. The normalized spacial score (nSPS) is 10.5. The third-order valence-electron chi connectivity index (χ3n) is 2.28. The Labute approximate surface area is 96.7 Å². The van der Waals surface area contributed by atoms with Crippen molar-refractivity contribution < 1.29 is 0 Å². The summed E-state index contributed by atoms with van der Waals surface area (Å²) >= 11 is 1.89. The fraction of sp³-hybridized carbons (Fsp3) is 0.727. The maximum atomic E-state index is 4.31. The second kappa shape index (κ2) is 7.63. The number of nitrogens with zero attached hydrogens (tertiary/aromatic N) is 2. The molecule has 0 saturated heterocycles. The number of rotatable bonds is 8. The number of anilines is 1. The van der Waals surface area contributed by atoms with E-state index in [9.17, 15) is 0 Å². The van der Waals surface area contributed by atoms with E-state index < -0.39 is 0 Å². The molecule has 4 heteroatoms. The van der Waals surface area contributed by atoms with Crippen molar-refractivity contribution >= 4 is 17.7 Å². The predicted octanol–water partition coefficient (Wildman–Crippen LogP) is 2.85. The maximum absolute atomic E-state index is 4.31. The van der Waals surface area contributed by atoms with Crippen LogP contribution in [0.5, 0.6) is 0 Å². The molecule has 86 valence electrons. The van der Waals surface area contributed by atoms with Gasteiger partial charge in [0.2, 0.25) is 5.95 Å². The molecule has 0 spiro atoms. The summed E-state index contributed by atoms with van der Waals surface area (Å²) in [6.45, 7) is 4.30. The predicted molar refractivity (Wildman–Crippen MR) is 68.6 cm³/mol. The van der Waals surface area contributed by atoms with Crippen molar-refractivity contribution in [3.63, 3.8) is 0 Å². The molecule has 0 aliphatic rings. The highest BCUT2D eigenvalue weighted by Crippen LogP contribution is 2.06. The molecule has 15 heavy (non-hydrogen) atoms. The van der Waals surface area contributed by atoms with Crippen LogP contribution in [0.4, 0.5) is 5.95 Å². The van der Waals surface area contributed by atoms with Gasteiger partial charge in [0, 0.05) is 25.5 Å². The van der Waals surface area contributed by atoms with Gasteiger partial charge in [-0.3, -0.25) is 0 Å². The minimum atomic E-state index is 1.02. The third kappa shape index (κ3) is 4.60. The van der Waals surface area contributed by atoms with Crippen LogP contribution in [-0.4, -0.2) is 28.1 Å². The number of imidazole rings is 1. The monoisotopic (exact) mass is 227 g/mol. The van der Waals surface area contributed by atoms with Crippen LogP contribution in [0.1, 0.15) is 26.2 Å². The first kappa shape index (κ1) is 12.4. The Morgan fingerprint density at radius 1 is 1.47 bits per heavy atom. The lowest BCUT2D eigenvalue weighted by Crippen LogP contribution is -2.09. The van der Waals surface area contributed by atoms with Gasteiger partial charge in [0.25, 0.3) is 0 Å². The zero-order chi connectivity index (χ0) is 10.9.